The SMILES string of the molecule is COc1cccc(-c2nc3ccc(Br)cn3c2CC#N)c1. The quantitative estimate of drug-likeness (QED) is 0.727. The molecule has 0 atom stereocenters. The molecule has 0 unspecified atom stereocenters. The maximum absolute atomic E-state index is 9.11. The van der Waals surface area contributed by atoms with Gasteiger partial charge in [0, 0.05) is 16.2 Å². The van der Waals surface area contributed by atoms with E-state index >= 15 is 0 Å². The van der Waals surface area contributed by atoms with Crippen LogP contribution in [0.1, 0.15) is 5.69 Å². The molecule has 5 heteroatoms. The molecule has 104 valence electrons. The minimum Gasteiger partial charge on any atom is -0.497 e. The molecule has 0 aliphatic carbocycles. The van der Waals surface area contributed by atoms with Crippen molar-refractivity contribution in [3.8, 4) is 23.1 Å². The minimum absolute atomic E-state index is 0.296. The molecule has 0 bridgehead atoms. The van der Waals surface area contributed by atoms with Crippen molar-refractivity contribution in [3.05, 3.63) is 52.8 Å². The first-order valence-corrected chi connectivity index (χ1v) is 7.20. The number of ether oxygens (including phenoxy) is 1. The number of imidazole rings is 1. The predicted molar refractivity (Wildman–Crippen MR) is 84.2 cm³/mol. The van der Waals surface area contributed by atoms with Crippen LogP contribution >= 0.6 is 15.9 Å². The molecule has 3 aromatic rings. The molecule has 1 aromatic carbocycles. The number of nitrogens with zero attached hydrogens (tertiary/aromatic N) is 3. The van der Waals surface area contributed by atoms with Gasteiger partial charge in [0.25, 0.3) is 0 Å². The summed E-state index contributed by atoms with van der Waals surface area (Å²) in [6, 6.07) is 13.8. The maximum atomic E-state index is 9.11. The summed E-state index contributed by atoms with van der Waals surface area (Å²) in [5.74, 6) is 0.772. The van der Waals surface area contributed by atoms with Gasteiger partial charge in [0.05, 0.1) is 31.0 Å². The van der Waals surface area contributed by atoms with Gasteiger partial charge in [0.15, 0.2) is 0 Å². The number of pyridine rings is 1. The Labute approximate surface area is 130 Å². The molecule has 0 amide bonds. The number of nitriles is 1. The molecule has 21 heavy (non-hydrogen) atoms. The summed E-state index contributed by atoms with van der Waals surface area (Å²) in [5.41, 5.74) is 3.45. The van der Waals surface area contributed by atoms with Crippen LogP contribution in [0.5, 0.6) is 5.75 Å². The molecule has 2 aromatic heterocycles. The summed E-state index contributed by atoms with van der Waals surface area (Å²) in [4.78, 5) is 4.65. The standard InChI is InChI=1S/C16H12BrN3O/c1-21-13-4-2-3-11(9-13)16-14(7-8-18)20-10-12(17)5-6-15(20)19-16/h2-6,9-10H,7H2,1H3. The zero-order valence-corrected chi connectivity index (χ0v) is 13.0. The van der Waals surface area contributed by atoms with Crippen LogP contribution in [0, 0.1) is 11.3 Å². The number of halogens is 1. The van der Waals surface area contributed by atoms with E-state index in [1.807, 2.05) is 47.0 Å². The third-order valence-corrected chi connectivity index (χ3v) is 3.74. The van der Waals surface area contributed by atoms with E-state index in [0.717, 1.165) is 32.8 Å². The number of hydrogen-bond acceptors (Lipinski definition) is 3. The number of benzene rings is 1. The molecule has 0 fully saturated rings. The first-order valence-electron chi connectivity index (χ1n) is 6.41. The van der Waals surface area contributed by atoms with Crippen LogP contribution in [0.25, 0.3) is 16.9 Å². The van der Waals surface area contributed by atoms with Crippen molar-refractivity contribution in [3.63, 3.8) is 0 Å². The van der Waals surface area contributed by atoms with Crippen LogP contribution in [0.2, 0.25) is 0 Å². The fourth-order valence-corrected chi connectivity index (χ4v) is 2.65. The van der Waals surface area contributed by atoms with E-state index in [4.69, 9.17) is 10.00 Å². The van der Waals surface area contributed by atoms with Gasteiger partial charge in [-0.25, -0.2) is 4.98 Å². The third kappa shape index (κ3) is 2.50. The Balaban J connectivity index is 2.26. The molecule has 0 spiro atoms. The highest BCUT2D eigenvalue weighted by molar-refractivity contribution is 9.10. The zero-order chi connectivity index (χ0) is 14.8. The molecular weight excluding hydrogens is 330 g/mol. The Kier molecular flexibility index (Phi) is 3.63. The van der Waals surface area contributed by atoms with Gasteiger partial charge in [-0.05, 0) is 40.2 Å². The lowest BCUT2D eigenvalue weighted by molar-refractivity contribution is 0.415. The van der Waals surface area contributed by atoms with Crippen molar-refractivity contribution in [2.45, 2.75) is 6.42 Å². The van der Waals surface area contributed by atoms with E-state index in [-0.39, 0.29) is 0 Å². The molecule has 0 aliphatic heterocycles. The van der Waals surface area contributed by atoms with Crippen LogP contribution in [0.15, 0.2) is 47.1 Å². The van der Waals surface area contributed by atoms with E-state index in [1.54, 1.807) is 7.11 Å². The summed E-state index contributed by atoms with van der Waals surface area (Å²) in [6.07, 6.45) is 2.23. The van der Waals surface area contributed by atoms with Gasteiger partial charge in [-0.1, -0.05) is 12.1 Å². The molecule has 0 N–H and O–H groups in total. The molecule has 0 saturated carbocycles. The van der Waals surface area contributed by atoms with Crippen molar-refractivity contribution < 1.29 is 4.74 Å². The fourth-order valence-electron chi connectivity index (χ4n) is 2.31. The lowest BCUT2D eigenvalue weighted by Gasteiger charge is -2.04. The second-order valence-corrected chi connectivity index (χ2v) is 5.47. The molecular formula is C16H12BrN3O. The van der Waals surface area contributed by atoms with Gasteiger partial charge in [-0.15, -0.1) is 0 Å². The van der Waals surface area contributed by atoms with Gasteiger partial charge < -0.3 is 9.14 Å². The van der Waals surface area contributed by atoms with Gasteiger partial charge >= 0.3 is 0 Å². The smallest absolute Gasteiger partial charge is 0.137 e. The second kappa shape index (κ2) is 5.58. The number of methoxy groups -OCH3 is 1. The highest BCUT2D eigenvalue weighted by atomic mass is 79.9. The highest BCUT2D eigenvalue weighted by Gasteiger charge is 2.14. The Morgan fingerprint density at radius 3 is 2.95 bits per heavy atom. The van der Waals surface area contributed by atoms with Crippen LogP contribution in [-0.4, -0.2) is 16.5 Å². The normalized spacial score (nSPS) is 10.5. The molecule has 0 aliphatic rings. The monoisotopic (exact) mass is 341 g/mol. The first-order chi connectivity index (χ1) is 10.2. The Bertz CT molecular complexity index is 848. The second-order valence-electron chi connectivity index (χ2n) is 4.55. The van der Waals surface area contributed by atoms with Gasteiger partial charge in [-0.2, -0.15) is 5.26 Å². The predicted octanol–water partition coefficient (Wildman–Crippen LogP) is 3.84. The Hall–Kier alpha value is -2.32. The lowest BCUT2D eigenvalue weighted by Crippen LogP contribution is -1.93. The van der Waals surface area contributed by atoms with Gasteiger partial charge in [0.1, 0.15) is 11.4 Å². The van der Waals surface area contributed by atoms with Crippen LogP contribution in [0.3, 0.4) is 0 Å². The van der Waals surface area contributed by atoms with Crippen LogP contribution in [-0.2, 0) is 6.42 Å². The molecule has 2 heterocycles. The minimum atomic E-state index is 0.296. The van der Waals surface area contributed by atoms with E-state index in [2.05, 4.69) is 27.0 Å². The zero-order valence-electron chi connectivity index (χ0n) is 11.4. The number of rotatable bonds is 3. The largest absolute Gasteiger partial charge is 0.497 e. The number of aromatic nitrogens is 2. The first kappa shape index (κ1) is 13.7. The maximum Gasteiger partial charge on any atom is 0.137 e. The van der Waals surface area contributed by atoms with E-state index in [9.17, 15) is 0 Å². The van der Waals surface area contributed by atoms with E-state index in [1.165, 1.54) is 0 Å². The van der Waals surface area contributed by atoms with E-state index < -0.39 is 0 Å². The van der Waals surface area contributed by atoms with Crippen LogP contribution < -0.4 is 4.74 Å². The summed E-state index contributed by atoms with van der Waals surface area (Å²) >= 11 is 3.45. The topological polar surface area (TPSA) is 50.3 Å². The average Bonchev–Trinajstić information content (AvgIpc) is 2.86. The third-order valence-electron chi connectivity index (χ3n) is 3.27. The summed E-state index contributed by atoms with van der Waals surface area (Å²) < 4.78 is 8.16. The van der Waals surface area contributed by atoms with Crippen molar-refractivity contribution in [1.82, 2.24) is 9.38 Å². The average molecular weight is 342 g/mol. The molecule has 0 saturated heterocycles. The number of hydrogen-bond donors (Lipinski definition) is 0. The van der Waals surface area contributed by atoms with Crippen LogP contribution in [0.4, 0.5) is 0 Å². The molecule has 0 radical (unpaired) electrons. The van der Waals surface area contributed by atoms with Crippen molar-refractivity contribution in [2.75, 3.05) is 7.11 Å². The molecule has 4 nitrogen and oxygen atoms in total. The molecule has 3 rings (SSSR count). The van der Waals surface area contributed by atoms with Crippen molar-refractivity contribution in [2.24, 2.45) is 0 Å². The van der Waals surface area contributed by atoms with Gasteiger partial charge in [-0.3, -0.25) is 0 Å². The number of fused-ring (bicyclic) bond motifs is 1. The fraction of sp³-hybridized carbons (Fsp3) is 0.125. The van der Waals surface area contributed by atoms with Crippen molar-refractivity contribution in [1.29, 1.82) is 5.26 Å². The summed E-state index contributed by atoms with van der Waals surface area (Å²) in [6.45, 7) is 0. The highest BCUT2D eigenvalue weighted by Crippen LogP contribution is 2.28. The van der Waals surface area contributed by atoms with Gasteiger partial charge in [0.2, 0.25) is 0 Å². The van der Waals surface area contributed by atoms with E-state index in [0.29, 0.717) is 6.42 Å². The lowest BCUT2D eigenvalue weighted by atomic mass is 10.1. The summed E-state index contributed by atoms with van der Waals surface area (Å²) in [5, 5.41) is 9.11. The summed E-state index contributed by atoms with van der Waals surface area (Å²) in [7, 11) is 1.64. The Morgan fingerprint density at radius 1 is 1.33 bits per heavy atom. The van der Waals surface area contributed by atoms with Crippen molar-refractivity contribution >= 4 is 21.6 Å². The Morgan fingerprint density at radius 2 is 2.19 bits per heavy atom.